The maximum Gasteiger partial charge on any atom is 0.271 e. The van der Waals surface area contributed by atoms with Crippen LogP contribution in [0.4, 0.5) is 10.8 Å². The highest BCUT2D eigenvalue weighted by molar-refractivity contribution is 9.10. The normalized spacial score (nSPS) is 10.7. The molecular formula is C26H18BrClN4O2S. The van der Waals surface area contributed by atoms with Crippen molar-refractivity contribution in [3.8, 4) is 29.4 Å². The van der Waals surface area contributed by atoms with E-state index in [0.29, 0.717) is 21.9 Å². The summed E-state index contributed by atoms with van der Waals surface area (Å²) in [6, 6.07) is 20.0. The largest absolute Gasteiger partial charge is 0.480 e. The van der Waals surface area contributed by atoms with Gasteiger partial charge in [-0.3, -0.25) is 4.79 Å². The highest BCUT2D eigenvalue weighted by atomic mass is 79.9. The van der Waals surface area contributed by atoms with E-state index in [1.54, 1.807) is 18.2 Å². The second kappa shape index (κ2) is 11.7. The summed E-state index contributed by atoms with van der Waals surface area (Å²) in [7, 11) is 0. The topological polar surface area (TPSA) is 75.6 Å². The van der Waals surface area contributed by atoms with Crippen molar-refractivity contribution in [2.75, 3.05) is 11.9 Å². The Morgan fingerprint density at radius 1 is 1.17 bits per heavy atom. The van der Waals surface area contributed by atoms with E-state index in [2.05, 4.69) is 42.7 Å². The van der Waals surface area contributed by atoms with Gasteiger partial charge in [0.1, 0.15) is 12.4 Å². The van der Waals surface area contributed by atoms with Gasteiger partial charge in [0.2, 0.25) is 0 Å². The molecule has 0 bridgehead atoms. The zero-order chi connectivity index (χ0) is 24.6. The number of benzene rings is 3. The first-order valence-electron chi connectivity index (χ1n) is 10.3. The number of hydrazone groups is 1. The number of carbonyl (C=O) groups is 1. The number of halogens is 2. The second-order valence-electron chi connectivity index (χ2n) is 7.12. The van der Waals surface area contributed by atoms with E-state index in [1.165, 1.54) is 17.6 Å². The zero-order valence-corrected chi connectivity index (χ0v) is 21.3. The maximum atomic E-state index is 12.5. The minimum Gasteiger partial charge on any atom is -0.480 e. The summed E-state index contributed by atoms with van der Waals surface area (Å²) >= 11 is 10.8. The minimum atomic E-state index is -0.336. The van der Waals surface area contributed by atoms with Gasteiger partial charge in [-0.1, -0.05) is 45.6 Å². The standard InChI is InChI=1S/C26H18BrClN4O2S/c1-2-13-34-24-12-7-20(27)14-19(24)15-29-32-25(33)18-5-3-17(4-6-18)23-16-35-26(31-23)30-22-10-8-21(28)9-11-22/h1,3-12,14-16H,13H2,(H,30,31)(H,32,33)/b29-15-. The van der Waals surface area contributed by atoms with E-state index in [4.69, 9.17) is 22.8 Å². The highest BCUT2D eigenvalue weighted by Crippen LogP contribution is 2.28. The number of nitrogens with one attached hydrogen (secondary N) is 2. The molecule has 9 heteroatoms. The van der Waals surface area contributed by atoms with Gasteiger partial charge in [0, 0.05) is 37.3 Å². The first-order chi connectivity index (χ1) is 17.0. The fourth-order valence-corrected chi connectivity index (χ4v) is 4.25. The van der Waals surface area contributed by atoms with Crippen LogP contribution in [0.1, 0.15) is 15.9 Å². The third kappa shape index (κ3) is 6.70. The third-order valence-corrected chi connectivity index (χ3v) is 6.20. The smallest absolute Gasteiger partial charge is 0.271 e. The molecule has 0 saturated heterocycles. The van der Waals surface area contributed by atoms with Gasteiger partial charge in [-0.2, -0.15) is 5.10 Å². The summed E-state index contributed by atoms with van der Waals surface area (Å²) in [6.45, 7) is 0.138. The predicted octanol–water partition coefficient (Wildman–Crippen LogP) is 6.75. The third-order valence-electron chi connectivity index (χ3n) is 4.70. The van der Waals surface area contributed by atoms with Gasteiger partial charge < -0.3 is 10.1 Å². The van der Waals surface area contributed by atoms with E-state index in [9.17, 15) is 4.79 Å². The average molecular weight is 566 g/mol. The van der Waals surface area contributed by atoms with E-state index in [-0.39, 0.29) is 12.5 Å². The summed E-state index contributed by atoms with van der Waals surface area (Å²) in [6.07, 6.45) is 6.77. The van der Waals surface area contributed by atoms with Crippen LogP contribution in [-0.4, -0.2) is 23.7 Å². The van der Waals surface area contributed by atoms with Crippen LogP contribution in [0, 0.1) is 12.3 Å². The second-order valence-corrected chi connectivity index (χ2v) is 9.33. The molecule has 4 rings (SSSR count). The van der Waals surface area contributed by atoms with E-state index in [1.807, 2.05) is 53.9 Å². The first kappa shape index (κ1) is 24.5. The average Bonchev–Trinajstić information content (AvgIpc) is 3.33. The summed E-state index contributed by atoms with van der Waals surface area (Å²) in [5, 5.41) is 10.7. The monoisotopic (exact) mass is 564 g/mol. The number of hydrogen-bond acceptors (Lipinski definition) is 6. The minimum absolute atomic E-state index is 0.138. The van der Waals surface area contributed by atoms with E-state index >= 15 is 0 Å². The van der Waals surface area contributed by atoms with Crippen molar-refractivity contribution in [3.05, 3.63) is 92.7 Å². The van der Waals surface area contributed by atoms with E-state index < -0.39 is 0 Å². The molecular weight excluding hydrogens is 548 g/mol. The van der Waals surface area contributed by atoms with Crippen LogP contribution >= 0.6 is 38.9 Å². The highest BCUT2D eigenvalue weighted by Gasteiger charge is 2.09. The maximum absolute atomic E-state index is 12.5. The van der Waals surface area contributed by atoms with Crippen LogP contribution in [-0.2, 0) is 0 Å². The Kier molecular flexibility index (Phi) is 8.16. The molecule has 0 aliphatic rings. The Morgan fingerprint density at radius 3 is 2.69 bits per heavy atom. The van der Waals surface area contributed by atoms with Crippen molar-refractivity contribution in [3.63, 3.8) is 0 Å². The quantitative estimate of drug-likeness (QED) is 0.141. The molecule has 6 nitrogen and oxygen atoms in total. The van der Waals surface area contributed by atoms with Crippen molar-refractivity contribution >= 4 is 61.8 Å². The number of hydrogen-bond donors (Lipinski definition) is 2. The van der Waals surface area contributed by atoms with E-state index in [0.717, 1.165) is 26.5 Å². The first-order valence-corrected chi connectivity index (χ1v) is 12.3. The Balaban J connectivity index is 1.38. The molecule has 0 saturated carbocycles. The lowest BCUT2D eigenvalue weighted by molar-refractivity contribution is 0.0955. The number of thiazole rings is 1. The number of ether oxygens (including phenoxy) is 1. The summed E-state index contributed by atoms with van der Waals surface area (Å²) in [5.41, 5.74) is 6.29. The van der Waals surface area contributed by atoms with Crippen molar-refractivity contribution in [1.29, 1.82) is 0 Å². The number of nitrogens with zero attached hydrogens (tertiary/aromatic N) is 2. The Morgan fingerprint density at radius 2 is 1.94 bits per heavy atom. The lowest BCUT2D eigenvalue weighted by atomic mass is 10.1. The lowest BCUT2D eigenvalue weighted by Gasteiger charge is -2.07. The van der Waals surface area contributed by atoms with Gasteiger partial charge in [-0.05, 0) is 54.6 Å². The number of terminal acetylenes is 1. The zero-order valence-electron chi connectivity index (χ0n) is 18.2. The van der Waals surface area contributed by atoms with Crippen molar-refractivity contribution in [2.24, 2.45) is 5.10 Å². The number of rotatable bonds is 8. The molecule has 2 N–H and O–H groups in total. The van der Waals surface area contributed by atoms with Gasteiger partial charge in [0.15, 0.2) is 5.13 Å². The molecule has 174 valence electrons. The van der Waals surface area contributed by atoms with Crippen LogP contribution < -0.4 is 15.5 Å². The van der Waals surface area contributed by atoms with Crippen molar-refractivity contribution < 1.29 is 9.53 Å². The molecule has 0 radical (unpaired) electrons. The fourth-order valence-electron chi connectivity index (χ4n) is 3.01. The van der Waals surface area contributed by atoms with Gasteiger partial charge in [-0.25, -0.2) is 10.4 Å². The summed E-state index contributed by atoms with van der Waals surface area (Å²) in [4.78, 5) is 17.1. The predicted molar refractivity (Wildman–Crippen MR) is 146 cm³/mol. The molecule has 0 aliphatic heterocycles. The van der Waals surface area contributed by atoms with Gasteiger partial charge in [0.05, 0.1) is 11.9 Å². The number of carbonyl (C=O) groups excluding carboxylic acids is 1. The molecule has 0 aliphatic carbocycles. The SMILES string of the molecule is C#CCOc1ccc(Br)cc1/C=N\NC(=O)c1ccc(-c2csc(Nc3ccc(Cl)cc3)n2)cc1. The Hall–Kier alpha value is -3.64. The van der Waals surface area contributed by atoms with Gasteiger partial charge in [0.25, 0.3) is 5.91 Å². The molecule has 4 aromatic rings. The molecule has 0 spiro atoms. The van der Waals surface area contributed by atoms with Crippen molar-refractivity contribution in [2.45, 2.75) is 0 Å². The summed E-state index contributed by atoms with van der Waals surface area (Å²) < 4.78 is 6.35. The molecule has 1 aromatic heterocycles. The number of aromatic nitrogens is 1. The Bertz CT molecular complexity index is 1400. The molecule has 0 unspecified atom stereocenters. The van der Waals surface area contributed by atoms with Crippen LogP contribution in [0.3, 0.4) is 0 Å². The van der Waals surface area contributed by atoms with Gasteiger partial charge >= 0.3 is 0 Å². The molecule has 1 amide bonds. The summed E-state index contributed by atoms with van der Waals surface area (Å²) in [5.74, 6) is 2.66. The van der Waals surface area contributed by atoms with Crippen LogP contribution in [0.15, 0.2) is 81.7 Å². The van der Waals surface area contributed by atoms with Crippen molar-refractivity contribution in [1.82, 2.24) is 10.4 Å². The van der Waals surface area contributed by atoms with Gasteiger partial charge in [-0.15, -0.1) is 17.8 Å². The van der Waals surface area contributed by atoms with Crippen LogP contribution in [0.5, 0.6) is 5.75 Å². The molecule has 3 aromatic carbocycles. The molecule has 1 heterocycles. The fraction of sp³-hybridized carbons (Fsp3) is 0.0385. The van der Waals surface area contributed by atoms with Crippen LogP contribution in [0.25, 0.3) is 11.3 Å². The number of anilines is 2. The van der Waals surface area contributed by atoms with Crippen LogP contribution in [0.2, 0.25) is 5.02 Å². The molecule has 35 heavy (non-hydrogen) atoms. The molecule has 0 fully saturated rings. The molecule has 0 atom stereocenters. The number of amides is 1. The lowest BCUT2D eigenvalue weighted by Crippen LogP contribution is -2.17. The Labute approximate surface area is 220 Å².